The van der Waals surface area contributed by atoms with Crippen molar-refractivity contribution in [2.24, 2.45) is 16.7 Å². The van der Waals surface area contributed by atoms with Crippen LogP contribution in [-0.2, 0) is 14.8 Å². The first-order valence-corrected chi connectivity index (χ1v) is 12.6. The topological polar surface area (TPSA) is 79.0 Å². The second kappa shape index (κ2) is 7.74. The van der Waals surface area contributed by atoms with Crippen molar-refractivity contribution in [3.8, 4) is 0 Å². The van der Waals surface area contributed by atoms with E-state index in [9.17, 15) is 13.2 Å². The minimum Gasteiger partial charge on any atom is -0.379 e. The van der Waals surface area contributed by atoms with Crippen molar-refractivity contribution in [1.82, 2.24) is 9.62 Å². The van der Waals surface area contributed by atoms with E-state index < -0.39 is 10.0 Å². The largest absolute Gasteiger partial charge is 0.379 e. The molecule has 1 aromatic rings. The molecule has 3 atom stereocenters. The molecule has 172 valence electrons. The van der Waals surface area contributed by atoms with Gasteiger partial charge in [0.25, 0.3) is 5.91 Å². The molecule has 7 nitrogen and oxygen atoms in total. The molecule has 4 rings (SSSR count). The van der Waals surface area contributed by atoms with Crippen LogP contribution < -0.4 is 10.2 Å². The first-order valence-electron chi connectivity index (χ1n) is 11.2. The summed E-state index contributed by atoms with van der Waals surface area (Å²) >= 11 is 0. The van der Waals surface area contributed by atoms with E-state index in [0.29, 0.717) is 43.5 Å². The number of carbonyl (C=O) groups excluding carboxylic acids is 1. The van der Waals surface area contributed by atoms with E-state index in [4.69, 9.17) is 4.74 Å². The molecule has 2 aliphatic carbocycles. The molecule has 1 amide bonds. The number of ether oxygens (including phenoxy) is 1. The molecule has 1 saturated heterocycles. The fourth-order valence-corrected chi connectivity index (χ4v) is 7.73. The van der Waals surface area contributed by atoms with Crippen LogP contribution in [0.3, 0.4) is 0 Å². The van der Waals surface area contributed by atoms with Crippen LogP contribution >= 0.6 is 0 Å². The molecule has 2 saturated carbocycles. The zero-order valence-electron chi connectivity index (χ0n) is 19.3. The van der Waals surface area contributed by atoms with Gasteiger partial charge in [0.05, 0.1) is 18.9 Å². The second-order valence-corrected chi connectivity index (χ2v) is 12.3. The van der Waals surface area contributed by atoms with Crippen LogP contribution in [-0.4, -0.2) is 65.1 Å². The number of carbonyl (C=O) groups is 1. The number of nitrogens with one attached hydrogen (secondary N) is 1. The smallest absolute Gasteiger partial charge is 0.251 e. The maximum absolute atomic E-state index is 13.4. The first kappa shape index (κ1) is 22.6. The fraction of sp³-hybridized carbons (Fsp3) is 0.696. The standard InChI is InChI=1S/C23H35N3O4S/c1-22(2)17-8-9-23(3,15-17)21(22)24-20(27)16-6-7-18(25(4)5)19(14-16)31(28,29)26-10-12-30-13-11-26/h6-7,14,17,21H,8-13,15H2,1-5H3,(H,24,27). The Labute approximate surface area is 186 Å². The number of amides is 1. The number of nitrogens with zero attached hydrogens (tertiary/aromatic N) is 2. The van der Waals surface area contributed by atoms with Crippen LogP contribution in [0, 0.1) is 16.7 Å². The van der Waals surface area contributed by atoms with E-state index >= 15 is 0 Å². The molecule has 3 fully saturated rings. The van der Waals surface area contributed by atoms with E-state index in [0.717, 1.165) is 12.8 Å². The summed E-state index contributed by atoms with van der Waals surface area (Å²) in [5.74, 6) is 0.423. The van der Waals surface area contributed by atoms with Crippen molar-refractivity contribution >= 4 is 21.6 Å². The van der Waals surface area contributed by atoms with Crippen LogP contribution in [0.5, 0.6) is 0 Å². The maximum atomic E-state index is 13.4. The molecule has 8 heteroatoms. The van der Waals surface area contributed by atoms with Crippen LogP contribution in [0.25, 0.3) is 0 Å². The summed E-state index contributed by atoms with van der Waals surface area (Å²) in [5.41, 5.74) is 1.11. The number of anilines is 1. The monoisotopic (exact) mass is 449 g/mol. The van der Waals surface area contributed by atoms with Crippen molar-refractivity contribution in [3.05, 3.63) is 23.8 Å². The number of sulfonamides is 1. The quantitative estimate of drug-likeness (QED) is 0.748. The highest BCUT2D eigenvalue weighted by molar-refractivity contribution is 7.89. The SMILES string of the molecule is CN(C)c1ccc(C(=O)NC2C3(C)CCC(C3)C2(C)C)cc1S(=O)(=O)N1CCOCC1. The lowest BCUT2D eigenvalue weighted by atomic mass is 9.68. The zero-order chi connectivity index (χ0) is 22.6. The third-order valence-corrected chi connectivity index (χ3v) is 9.76. The summed E-state index contributed by atoms with van der Waals surface area (Å²) in [7, 11) is -0.110. The number of hydrogen-bond donors (Lipinski definition) is 1. The van der Waals surface area contributed by atoms with Gasteiger partial charge in [-0.2, -0.15) is 4.31 Å². The lowest BCUT2D eigenvalue weighted by Crippen LogP contribution is -2.52. The minimum atomic E-state index is -3.73. The number of morpholine rings is 1. The van der Waals surface area contributed by atoms with E-state index in [1.54, 1.807) is 17.0 Å². The molecular formula is C23H35N3O4S. The summed E-state index contributed by atoms with van der Waals surface area (Å²) in [6, 6.07) is 5.08. The van der Waals surface area contributed by atoms with Gasteiger partial charge >= 0.3 is 0 Å². The minimum absolute atomic E-state index is 0.0367. The molecule has 0 radical (unpaired) electrons. The molecule has 1 aromatic carbocycles. The van der Waals surface area contributed by atoms with Gasteiger partial charge in [0, 0.05) is 38.8 Å². The van der Waals surface area contributed by atoms with Crippen molar-refractivity contribution in [2.45, 2.75) is 51.0 Å². The van der Waals surface area contributed by atoms with Gasteiger partial charge in [-0.15, -0.1) is 0 Å². The van der Waals surface area contributed by atoms with Gasteiger partial charge in [0.15, 0.2) is 0 Å². The highest BCUT2D eigenvalue weighted by Crippen LogP contribution is 2.62. The molecular weight excluding hydrogens is 414 g/mol. The van der Waals surface area contributed by atoms with Crippen molar-refractivity contribution in [1.29, 1.82) is 0 Å². The predicted octanol–water partition coefficient (Wildman–Crippen LogP) is 2.72. The molecule has 1 heterocycles. The second-order valence-electron chi connectivity index (χ2n) is 10.4. The van der Waals surface area contributed by atoms with Gasteiger partial charge in [-0.25, -0.2) is 8.42 Å². The average molecular weight is 450 g/mol. The fourth-order valence-electron chi connectivity index (χ4n) is 6.03. The molecule has 1 N–H and O–H groups in total. The normalized spacial score (nSPS) is 30.4. The number of hydrogen-bond acceptors (Lipinski definition) is 5. The van der Waals surface area contributed by atoms with Gasteiger partial charge in [-0.05, 0) is 54.2 Å². The van der Waals surface area contributed by atoms with Gasteiger partial charge in [0.2, 0.25) is 10.0 Å². The number of fused-ring (bicyclic) bond motifs is 2. The molecule has 3 aliphatic rings. The highest BCUT2D eigenvalue weighted by atomic mass is 32.2. The average Bonchev–Trinajstić information content (AvgIpc) is 3.22. The van der Waals surface area contributed by atoms with Crippen molar-refractivity contribution < 1.29 is 17.9 Å². The van der Waals surface area contributed by atoms with E-state index in [1.165, 1.54) is 16.8 Å². The third kappa shape index (κ3) is 3.76. The first-order chi connectivity index (χ1) is 14.5. The third-order valence-electron chi connectivity index (χ3n) is 7.84. The Balaban J connectivity index is 1.65. The lowest BCUT2D eigenvalue weighted by Gasteiger charge is -2.43. The molecule has 1 aliphatic heterocycles. The Morgan fingerprint density at radius 3 is 2.45 bits per heavy atom. The van der Waals surface area contributed by atoms with Crippen molar-refractivity contribution in [2.75, 3.05) is 45.3 Å². The highest BCUT2D eigenvalue weighted by Gasteiger charge is 2.59. The van der Waals surface area contributed by atoms with Gasteiger partial charge in [-0.1, -0.05) is 20.8 Å². The van der Waals surface area contributed by atoms with E-state index in [1.807, 2.05) is 14.1 Å². The summed E-state index contributed by atoms with van der Waals surface area (Å²) in [6.45, 7) is 8.17. The zero-order valence-corrected chi connectivity index (χ0v) is 20.1. The molecule has 31 heavy (non-hydrogen) atoms. The molecule has 0 spiro atoms. The summed E-state index contributed by atoms with van der Waals surface area (Å²) < 4.78 is 33.6. The Morgan fingerprint density at radius 1 is 1.19 bits per heavy atom. The van der Waals surface area contributed by atoms with Crippen LogP contribution in [0.1, 0.15) is 50.4 Å². The van der Waals surface area contributed by atoms with Gasteiger partial charge < -0.3 is 15.0 Å². The van der Waals surface area contributed by atoms with E-state index in [-0.39, 0.29) is 27.7 Å². The number of benzene rings is 1. The molecule has 2 bridgehead atoms. The summed E-state index contributed by atoms with van der Waals surface area (Å²) in [6.07, 6.45) is 3.48. The van der Waals surface area contributed by atoms with Crippen LogP contribution in [0.15, 0.2) is 23.1 Å². The van der Waals surface area contributed by atoms with E-state index in [2.05, 4.69) is 26.1 Å². The number of rotatable bonds is 5. The Hall–Kier alpha value is -1.64. The Bertz CT molecular complexity index is 964. The summed E-state index contributed by atoms with van der Waals surface area (Å²) in [5, 5.41) is 3.28. The molecule has 0 aromatic heterocycles. The molecule has 3 unspecified atom stereocenters. The van der Waals surface area contributed by atoms with Gasteiger partial charge in [-0.3, -0.25) is 4.79 Å². The summed E-state index contributed by atoms with van der Waals surface area (Å²) in [4.78, 5) is 15.2. The van der Waals surface area contributed by atoms with Crippen LogP contribution in [0.4, 0.5) is 5.69 Å². The van der Waals surface area contributed by atoms with Crippen LogP contribution in [0.2, 0.25) is 0 Å². The lowest BCUT2D eigenvalue weighted by molar-refractivity contribution is 0.0728. The van der Waals surface area contributed by atoms with Crippen molar-refractivity contribution in [3.63, 3.8) is 0 Å². The Morgan fingerprint density at radius 2 is 1.87 bits per heavy atom. The van der Waals surface area contributed by atoms with Gasteiger partial charge in [0.1, 0.15) is 4.90 Å². The maximum Gasteiger partial charge on any atom is 0.251 e. The Kier molecular flexibility index (Phi) is 5.63. The predicted molar refractivity (Wildman–Crippen MR) is 121 cm³/mol.